The van der Waals surface area contributed by atoms with Crippen molar-refractivity contribution in [1.29, 1.82) is 0 Å². The predicted molar refractivity (Wildman–Crippen MR) is 94.6 cm³/mol. The number of amides is 2. The van der Waals surface area contributed by atoms with Crippen LogP contribution in [0.4, 0.5) is 5.00 Å². The summed E-state index contributed by atoms with van der Waals surface area (Å²) in [5, 5.41) is 11.8. The van der Waals surface area contributed by atoms with Gasteiger partial charge in [0.15, 0.2) is 5.16 Å². The molecule has 1 atom stereocenters. The van der Waals surface area contributed by atoms with Crippen LogP contribution < -0.4 is 11.1 Å². The summed E-state index contributed by atoms with van der Waals surface area (Å²) in [5.74, 6) is 0.132. The fourth-order valence-corrected chi connectivity index (χ4v) is 4.83. The third-order valence-electron chi connectivity index (χ3n) is 4.11. The number of aromatic nitrogens is 3. The van der Waals surface area contributed by atoms with Gasteiger partial charge in [0.2, 0.25) is 5.91 Å². The number of thiophene rings is 1. The van der Waals surface area contributed by atoms with Crippen LogP contribution in [-0.2, 0) is 24.7 Å². The molecule has 0 spiro atoms. The van der Waals surface area contributed by atoms with Gasteiger partial charge in [0.05, 0.1) is 10.8 Å². The number of anilines is 1. The minimum absolute atomic E-state index is 0.178. The van der Waals surface area contributed by atoms with E-state index in [0.29, 0.717) is 15.7 Å². The summed E-state index contributed by atoms with van der Waals surface area (Å²) in [4.78, 5) is 25.4. The molecule has 0 saturated heterocycles. The molecule has 1 aliphatic carbocycles. The van der Waals surface area contributed by atoms with E-state index in [1.807, 2.05) is 18.5 Å². The number of carbonyl (C=O) groups is 2. The highest BCUT2D eigenvalue weighted by molar-refractivity contribution is 8.00. The second-order valence-electron chi connectivity index (χ2n) is 5.76. The Balaban J connectivity index is 1.75. The molecule has 1 aliphatic rings. The number of primary amides is 1. The summed E-state index contributed by atoms with van der Waals surface area (Å²) >= 11 is 2.79. The van der Waals surface area contributed by atoms with Crippen LogP contribution in [0.1, 0.15) is 40.0 Å². The van der Waals surface area contributed by atoms with Gasteiger partial charge in [-0.3, -0.25) is 9.59 Å². The van der Waals surface area contributed by atoms with Gasteiger partial charge < -0.3 is 15.6 Å². The number of hydrogen-bond donors (Lipinski definition) is 2. The Labute approximate surface area is 148 Å². The van der Waals surface area contributed by atoms with Crippen LogP contribution in [0.15, 0.2) is 5.16 Å². The standard InChI is InChI=1S/C15H19N5O2S2/c1-7(23-15-19-18-8(2)20(15)3)13(22)17-14-11(12(16)21)9-5-4-6-10(9)24-14/h7H,4-6H2,1-3H3,(H2,16,21)(H,17,22)/t7-/m1/s1. The lowest BCUT2D eigenvalue weighted by atomic mass is 10.1. The number of nitrogens with zero attached hydrogens (tertiary/aromatic N) is 3. The number of nitrogens with two attached hydrogens (primary N) is 1. The highest BCUT2D eigenvalue weighted by atomic mass is 32.2. The van der Waals surface area contributed by atoms with E-state index in [1.54, 1.807) is 6.92 Å². The molecule has 0 fully saturated rings. The Hall–Kier alpha value is -1.87. The zero-order valence-electron chi connectivity index (χ0n) is 13.8. The Morgan fingerprint density at radius 2 is 2.12 bits per heavy atom. The molecule has 3 rings (SSSR count). The van der Waals surface area contributed by atoms with Crippen LogP contribution in [0.5, 0.6) is 0 Å². The molecule has 3 N–H and O–H groups in total. The maximum atomic E-state index is 12.5. The van der Waals surface area contributed by atoms with Crippen molar-refractivity contribution >= 4 is 39.9 Å². The number of nitrogens with one attached hydrogen (secondary N) is 1. The first-order valence-electron chi connectivity index (χ1n) is 7.66. The topological polar surface area (TPSA) is 103 Å². The van der Waals surface area contributed by atoms with Crippen molar-refractivity contribution in [2.45, 2.75) is 43.5 Å². The van der Waals surface area contributed by atoms with Crippen molar-refractivity contribution < 1.29 is 9.59 Å². The lowest BCUT2D eigenvalue weighted by Gasteiger charge is -2.11. The van der Waals surface area contributed by atoms with Crippen LogP contribution in [0, 0.1) is 6.92 Å². The largest absolute Gasteiger partial charge is 0.365 e. The second kappa shape index (κ2) is 6.56. The SMILES string of the molecule is Cc1nnc(S[C@H](C)C(=O)Nc2sc3c(c2C(N)=O)CCC3)n1C. The summed E-state index contributed by atoms with van der Waals surface area (Å²) in [6.07, 6.45) is 2.83. The molecule has 0 saturated carbocycles. The van der Waals surface area contributed by atoms with Crippen molar-refractivity contribution in [3.8, 4) is 0 Å². The Morgan fingerprint density at radius 3 is 2.75 bits per heavy atom. The van der Waals surface area contributed by atoms with Crippen LogP contribution in [0.3, 0.4) is 0 Å². The molecular formula is C15H19N5O2S2. The molecule has 24 heavy (non-hydrogen) atoms. The van der Waals surface area contributed by atoms with E-state index in [2.05, 4.69) is 15.5 Å². The van der Waals surface area contributed by atoms with Gasteiger partial charge in [-0.1, -0.05) is 11.8 Å². The first-order chi connectivity index (χ1) is 11.4. The molecule has 0 radical (unpaired) electrons. The molecule has 0 bridgehead atoms. The molecular weight excluding hydrogens is 346 g/mol. The summed E-state index contributed by atoms with van der Waals surface area (Å²) < 4.78 is 1.84. The van der Waals surface area contributed by atoms with E-state index in [0.717, 1.165) is 35.5 Å². The van der Waals surface area contributed by atoms with Crippen molar-refractivity contribution in [3.05, 3.63) is 21.8 Å². The van der Waals surface area contributed by atoms with Crippen molar-refractivity contribution in [2.75, 3.05) is 5.32 Å². The summed E-state index contributed by atoms with van der Waals surface area (Å²) in [6, 6.07) is 0. The van der Waals surface area contributed by atoms with E-state index in [9.17, 15) is 9.59 Å². The van der Waals surface area contributed by atoms with E-state index >= 15 is 0 Å². The molecule has 2 amide bonds. The molecule has 7 nitrogen and oxygen atoms in total. The molecule has 0 aromatic carbocycles. The highest BCUT2D eigenvalue weighted by Gasteiger charge is 2.27. The third-order valence-corrected chi connectivity index (χ3v) is 6.45. The van der Waals surface area contributed by atoms with Gasteiger partial charge in [0.1, 0.15) is 10.8 Å². The molecule has 9 heteroatoms. The molecule has 2 aromatic heterocycles. The van der Waals surface area contributed by atoms with Crippen LogP contribution in [0.25, 0.3) is 0 Å². The van der Waals surface area contributed by atoms with Crippen molar-refractivity contribution in [3.63, 3.8) is 0 Å². The molecule has 2 heterocycles. The van der Waals surface area contributed by atoms with Crippen molar-refractivity contribution in [1.82, 2.24) is 14.8 Å². The summed E-state index contributed by atoms with van der Waals surface area (Å²) in [7, 11) is 1.86. The van der Waals surface area contributed by atoms with E-state index in [1.165, 1.54) is 23.1 Å². The van der Waals surface area contributed by atoms with Crippen molar-refractivity contribution in [2.24, 2.45) is 12.8 Å². The maximum absolute atomic E-state index is 12.5. The number of thioether (sulfide) groups is 1. The smallest absolute Gasteiger partial charge is 0.251 e. The van der Waals surface area contributed by atoms with Crippen LogP contribution >= 0.6 is 23.1 Å². The lowest BCUT2D eigenvalue weighted by molar-refractivity contribution is -0.115. The van der Waals surface area contributed by atoms with Crippen LogP contribution in [-0.4, -0.2) is 31.8 Å². The first-order valence-corrected chi connectivity index (χ1v) is 9.36. The number of aryl methyl sites for hydroxylation is 2. The van der Waals surface area contributed by atoms with E-state index < -0.39 is 5.91 Å². The Morgan fingerprint density at radius 1 is 1.38 bits per heavy atom. The monoisotopic (exact) mass is 365 g/mol. The van der Waals surface area contributed by atoms with E-state index in [-0.39, 0.29) is 11.2 Å². The zero-order chi connectivity index (χ0) is 17.4. The van der Waals surface area contributed by atoms with Gasteiger partial charge >= 0.3 is 0 Å². The third kappa shape index (κ3) is 3.05. The minimum atomic E-state index is -0.478. The average Bonchev–Trinajstić information content (AvgIpc) is 3.17. The second-order valence-corrected chi connectivity index (χ2v) is 8.18. The molecule has 0 aliphatic heterocycles. The molecule has 128 valence electrons. The van der Waals surface area contributed by atoms with Gasteiger partial charge in [0, 0.05) is 11.9 Å². The van der Waals surface area contributed by atoms with Gasteiger partial charge in [-0.25, -0.2) is 0 Å². The molecule has 2 aromatic rings. The average molecular weight is 365 g/mol. The fourth-order valence-electron chi connectivity index (χ4n) is 2.67. The lowest BCUT2D eigenvalue weighted by Crippen LogP contribution is -2.24. The Kier molecular flexibility index (Phi) is 4.64. The number of carbonyl (C=O) groups excluding carboxylic acids is 2. The van der Waals surface area contributed by atoms with E-state index in [4.69, 9.17) is 5.73 Å². The van der Waals surface area contributed by atoms with Gasteiger partial charge in [-0.05, 0) is 38.7 Å². The van der Waals surface area contributed by atoms with Gasteiger partial charge in [-0.15, -0.1) is 21.5 Å². The zero-order valence-corrected chi connectivity index (χ0v) is 15.4. The highest BCUT2D eigenvalue weighted by Crippen LogP contribution is 2.39. The first kappa shape index (κ1) is 17.0. The maximum Gasteiger partial charge on any atom is 0.251 e. The fraction of sp³-hybridized carbons (Fsp3) is 0.467. The van der Waals surface area contributed by atoms with Crippen LogP contribution in [0.2, 0.25) is 0 Å². The quantitative estimate of drug-likeness (QED) is 0.788. The summed E-state index contributed by atoms with van der Waals surface area (Å²) in [6.45, 7) is 3.66. The summed E-state index contributed by atoms with van der Waals surface area (Å²) in [5.41, 5.74) is 7.01. The predicted octanol–water partition coefficient (Wildman–Crippen LogP) is 1.89. The van der Waals surface area contributed by atoms with Gasteiger partial charge in [0.25, 0.3) is 5.91 Å². The number of fused-ring (bicyclic) bond motifs is 1. The molecule has 0 unspecified atom stereocenters. The number of hydrogen-bond acceptors (Lipinski definition) is 6. The normalized spacial score (nSPS) is 14.5. The Bertz CT molecular complexity index is 811. The number of rotatable bonds is 5. The minimum Gasteiger partial charge on any atom is -0.365 e. The van der Waals surface area contributed by atoms with Gasteiger partial charge in [-0.2, -0.15) is 0 Å².